The quantitative estimate of drug-likeness (QED) is 0.656. The van der Waals surface area contributed by atoms with Crippen molar-refractivity contribution in [2.24, 2.45) is 5.92 Å². The zero-order valence-corrected chi connectivity index (χ0v) is 20.3. The first-order valence-corrected chi connectivity index (χ1v) is 12.1. The van der Waals surface area contributed by atoms with Crippen LogP contribution in [-0.2, 0) is 22.7 Å². The average Bonchev–Trinajstić information content (AvgIpc) is 2.83. The number of benzene rings is 2. The summed E-state index contributed by atoms with van der Waals surface area (Å²) in [6, 6.07) is 14.4. The van der Waals surface area contributed by atoms with Gasteiger partial charge in [-0.2, -0.15) is 0 Å². The lowest BCUT2D eigenvalue weighted by Gasteiger charge is -2.52. The van der Waals surface area contributed by atoms with E-state index in [1.807, 2.05) is 41.3 Å². The van der Waals surface area contributed by atoms with Crippen molar-refractivity contribution >= 4 is 11.8 Å². The number of phenols is 1. The number of likely N-dealkylation sites (tertiary alicyclic amines) is 1. The molecular formula is C27H35N3O4. The maximum atomic E-state index is 13.7. The Hall–Kier alpha value is -3.06. The van der Waals surface area contributed by atoms with Crippen molar-refractivity contribution in [3.63, 3.8) is 0 Å². The predicted octanol–water partition coefficient (Wildman–Crippen LogP) is 3.31. The van der Waals surface area contributed by atoms with E-state index in [1.165, 1.54) is 0 Å². The van der Waals surface area contributed by atoms with Crippen LogP contribution in [0.2, 0.25) is 0 Å². The van der Waals surface area contributed by atoms with Crippen molar-refractivity contribution in [1.82, 2.24) is 15.1 Å². The second-order valence-corrected chi connectivity index (χ2v) is 9.87. The molecule has 34 heavy (non-hydrogen) atoms. The highest BCUT2D eigenvalue weighted by Gasteiger charge is 2.53. The number of carbonyl (C=O) groups excluding carboxylic acids is 2. The number of nitrogens with one attached hydrogen (secondary N) is 1. The van der Waals surface area contributed by atoms with Gasteiger partial charge in [0.2, 0.25) is 11.8 Å². The molecule has 1 spiro atoms. The summed E-state index contributed by atoms with van der Waals surface area (Å²) in [6.45, 7) is 6.64. The number of ether oxygens (including phenoxy) is 1. The molecule has 2 fully saturated rings. The van der Waals surface area contributed by atoms with Gasteiger partial charge in [-0.05, 0) is 48.9 Å². The standard InChI is InChI=1S/C27H35N3O4/c1-19(2)16-23-25(32)30(18-21-6-4-5-7-24(21)34-3)27(26(33)28-23)12-14-29(15-13-27)17-20-8-10-22(31)11-9-20/h4-11,19,23,31H,12-18H2,1-3H3,(H,28,33). The fourth-order valence-corrected chi connectivity index (χ4v) is 5.18. The number of carbonyl (C=O) groups is 2. The molecule has 2 heterocycles. The highest BCUT2D eigenvalue weighted by Crippen LogP contribution is 2.36. The molecule has 4 rings (SSSR count). The summed E-state index contributed by atoms with van der Waals surface area (Å²) in [4.78, 5) is 31.4. The van der Waals surface area contributed by atoms with Gasteiger partial charge in [-0.1, -0.05) is 44.2 Å². The van der Waals surface area contributed by atoms with E-state index < -0.39 is 11.6 Å². The minimum Gasteiger partial charge on any atom is -0.508 e. The predicted molar refractivity (Wildman–Crippen MR) is 130 cm³/mol. The number of hydrogen-bond donors (Lipinski definition) is 2. The van der Waals surface area contributed by atoms with Crippen LogP contribution in [0.25, 0.3) is 0 Å². The Morgan fingerprint density at radius 1 is 1.06 bits per heavy atom. The lowest BCUT2D eigenvalue weighted by Crippen LogP contribution is -2.72. The highest BCUT2D eigenvalue weighted by atomic mass is 16.5. The van der Waals surface area contributed by atoms with Crippen molar-refractivity contribution in [2.75, 3.05) is 20.2 Å². The number of methoxy groups -OCH3 is 1. The monoisotopic (exact) mass is 465 g/mol. The van der Waals surface area contributed by atoms with Crippen molar-refractivity contribution in [2.45, 2.75) is 57.8 Å². The zero-order chi connectivity index (χ0) is 24.3. The van der Waals surface area contributed by atoms with Crippen molar-refractivity contribution in [3.05, 3.63) is 59.7 Å². The number of piperazine rings is 1. The molecule has 7 heteroatoms. The largest absolute Gasteiger partial charge is 0.508 e. The summed E-state index contributed by atoms with van der Waals surface area (Å²) in [6.07, 6.45) is 1.77. The van der Waals surface area contributed by atoms with Gasteiger partial charge < -0.3 is 20.1 Å². The molecular weight excluding hydrogens is 430 g/mol. The first-order valence-electron chi connectivity index (χ1n) is 12.1. The summed E-state index contributed by atoms with van der Waals surface area (Å²) in [5.41, 5.74) is 1.15. The molecule has 0 aliphatic carbocycles. The Morgan fingerprint density at radius 2 is 1.74 bits per heavy atom. The van der Waals surface area contributed by atoms with E-state index in [1.54, 1.807) is 19.2 Å². The van der Waals surface area contributed by atoms with Crippen LogP contribution in [0.4, 0.5) is 0 Å². The van der Waals surface area contributed by atoms with Crippen molar-refractivity contribution in [3.8, 4) is 11.5 Å². The van der Waals surface area contributed by atoms with Gasteiger partial charge in [-0.25, -0.2) is 0 Å². The third-order valence-electron chi connectivity index (χ3n) is 7.06. The Bertz CT molecular complexity index is 1010. The number of amides is 2. The summed E-state index contributed by atoms with van der Waals surface area (Å²) in [5, 5.41) is 12.6. The summed E-state index contributed by atoms with van der Waals surface area (Å²) in [7, 11) is 1.63. The lowest BCUT2D eigenvalue weighted by atomic mass is 9.80. The normalized spacial score (nSPS) is 20.6. The molecule has 182 valence electrons. The number of para-hydroxylation sites is 1. The molecule has 0 bridgehead atoms. The van der Waals surface area contributed by atoms with Crippen LogP contribution >= 0.6 is 0 Å². The number of rotatable bonds is 7. The Labute approximate surface area is 201 Å². The van der Waals surface area contributed by atoms with Gasteiger partial charge in [0.25, 0.3) is 0 Å². The summed E-state index contributed by atoms with van der Waals surface area (Å²) >= 11 is 0. The second kappa shape index (κ2) is 10.1. The maximum Gasteiger partial charge on any atom is 0.246 e. The van der Waals surface area contributed by atoms with Gasteiger partial charge in [0.1, 0.15) is 23.1 Å². The van der Waals surface area contributed by atoms with E-state index in [9.17, 15) is 14.7 Å². The lowest BCUT2D eigenvalue weighted by molar-refractivity contribution is -0.162. The van der Waals surface area contributed by atoms with E-state index in [0.717, 1.165) is 23.4 Å². The molecule has 2 aliphatic rings. The summed E-state index contributed by atoms with van der Waals surface area (Å²) in [5.74, 6) is 1.22. The molecule has 2 aliphatic heterocycles. The first kappa shape index (κ1) is 24.1. The van der Waals surface area contributed by atoms with Crippen molar-refractivity contribution in [1.29, 1.82) is 0 Å². The van der Waals surface area contributed by atoms with E-state index in [0.29, 0.717) is 44.8 Å². The van der Waals surface area contributed by atoms with E-state index in [-0.39, 0.29) is 17.6 Å². The SMILES string of the molecule is COc1ccccc1CN1C(=O)C(CC(C)C)NC(=O)C12CCN(Cc1ccc(O)cc1)CC2. The molecule has 2 N–H and O–H groups in total. The van der Waals surface area contributed by atoms with Crippen LogP contribution in [0.1, 0.15) is 44.2 Å². The molecule has 2 saturated heterocycles. The molecule has 2 aromatic carbocycles. The van der Waals surface area contributed by atoms with Gasteiger partial charge in [-0.3, -0.25) is 14.5 Å². The van der Waals surface area contributed by atoms with Gasteiger partial charge in [-0.15, -0.1) is 0 Å². The maximum absolute atomic E-state index is 13.7. The zero-order valence-electron chi connectivity index (χ0n) is 20.3. The van der Waals surface area contributed by atoms with E-state index in [4.69, 9.17) is 4.74 Å². The van der Waals surface area contributed by atoms with Gasteiger partial charge in [0.05, 0.1) is 13.7 Å². The van der Waals surface area contributed by atoms with Gasteiger partial charge >= 0.3 is 0 Å². The molecule has 2 aromatic rings. The first-order chi connectivity index (χ1) is 16.3. The molecule has 7 nitrogen and oxygen atoms in total. The Kier molecular flexibility index (Phi) is 7.12. The molecule has 1 unspecified atom stereocenters. The summed E-state index contributed by atoms with van der Waals surface area (Å²) < 4.78 is 5.54. The molecule has 0 radical (unpaired) electrons. The number of nitrogens with zero attached hydrogens (tertiary/aromatic N) is 2. The third kappa shape index (κ3) is 4.89. The smallest absolute Gasteiger partial charge is 0.246 e. The molecule has 2 amide bonds. The van der Waals surface area contributed by atoms with E-state index >= 15 is 0 Å². The van der Waals surface area contributed by atoms with E-state index in [2.05, 4.69) is 24.1 Å². The average molecular weight is 466 g/mol. The fourth-order valence-electron chi connectivity index (χ4n) is 5.18. The Morgan fingerprint density at radius 3 is 2.38 bits per heavy atom. The topological polar surface area (TPSA) is 82.1 Å². The van der Waals surface area contributed by atoms with Crippen LogP contribution in [0.3, 0.4) is 0 Å². The molecule has 1 atom stereocenters. The molecule has 0 aromatic heterocycles. The van der Waals surface area contributed by atoms with Crippen LogP contribution in [0.5, 0.6) is 11.5 Å². The second-order valence-electron chi connectivity index (χ2n) is 9.87. The Balaban J connectivity index is 1.57. The molecule has 0 saturated carbocycles. The minimum absolute atomic E-state index is 0.00816. The van der Waals surface area contributed by atoms with Crippen LogP contribution in [0.15, 0.2) is 48.5 Å². The van der Waals surface area contributed by atoms with Crippen LogP contribution in [0, 0.1) is 5.92 Å². The minimum atomic E-state index is -0.864. The van der Waals surface area contributed by atoms with Crippen LogP contribution < -0.4 is 10.1 Å². The number of phenolic OH excluding ortho intramolecular Hbond substituents is 1. The highest BCUT2D eigenvalue weighted by molar-refractivity contribution is 6.00. The number of hydrogen-bond acceptors (Lipinski definition) is 5. The van der Waals surface area contributed by atoms with Crippen molar-refractivity contribution < 1.29 is 19.4 Å². The van der Waals surface area contributed by atoms with Crippen LogP contribution in [-0.4, -0.2) is 58.5 Å². The van der Waals surface area contributed by atoms with Gasteiger partial charge in [0, 0.05) is 25.2 Å². The number of aromatic hydroxyl groups is 1. The fraction of sp³-hybridized carbons (Fsp3) is 0.481. The number of piperidine rings is 1. The van der Waals surface area contributed by atoms with Gasteiger partial charge in [0.15, 0.2) is 0 Å². The third-order valence-corrected chi connectivity index (χ3v) is 7.06.